The Bertz CT molecular complexity index is 781. The fourth-order valence-corrected chi connectivity index (χ4v) is 2.07. The van der Waals surface area contributed by atoms with E-state index in [0.717, 1.165) is 5.56 Å². The van der Waals surface area contributed by atoms with E-state index in [0.29, 0.717) is 17.0 Å². The van der Waals surface area contributed by atoms with Crippen LogP contribution >= 0.6 is 0 Å². The van der Waals surface area contributed by atoms with Crippen LogP contribution in [-0.4, -0.2) is 25.9 Å². The van der Waals surface area contributed by atoms with Crippen molar-refractivity contribution >= 4 is 5.91 Å². The summed E-state index contributed by atoms with van der Waals surface area (Å²) >= 11 is 0. The lowest BCUT2D eigenvalue weighted by Crippen LogP contribution is -2.09. The van der Waals surface area contributed by atoms with Crippen molar-refractivity contribution in [3.8, 4) is 22.5 Å². The number of hydrogen-bond acceptors (Lipinski definition) is 4. The number of rotatable bonds is 2. The zero-order valence-corrected chi connectivity index (χ0v) is 11.2. The van der Waals surface area contributed by atoms with Crippen LogP contribution in [0.5, 0.6) is 0 Å². The first-order valence-corrected chi connectivity index (χ1v) is 6.30. The van der Waals surface area contributed by atoms with Crippen molar-refractivity contribution in [2.24, 2.45) is 0 Å². The molecular weight excluding hydrogens is 271 g/mol. The Morgan fingerprint density at radius 1 is 1.05 bits per heavy atom. The van der Waals surface area contributed by atoms with Crippen molar-refractivity contribution < 1.29 is 9.18 Å². The van der Waals surface area contributed by atoms with Gasteiger partial charge in [-0.05, 0) is 36.4 Å². The minimum Gasteiger partial charge on any atom is -0.273 e. The maximum atomic E-state index is 13.1. The number of pyridine rings is 1. The Balaban J connectivity index is 2.22. The molecule has 0 unspecified atom stereocenters. The Morgan fingerprint density at radius 3 is 2.33 bits per heavy atom. The zero-order chi connectivity index (χ0) is 14.8. The van der Waals surface area contributed by atoms with Gasteiger partial charge in [0.25, 0.3) is 0 Å². The number of nitrogens with zero attached hydrogens (tertiary/aromatic N) is 4. The van der Waals surface area contributed by atoms with Crippen molar-refractivity contribution in [1.29, 1.82) is 0 Å². The highest BCUT2D eigenvalue weighted by Crippen LogP contribution is 2.29. The summed E-state index contributed by atoms with van der Waals surface area (Å²) in [5, 5.41) is 7.96. The molecule has 0 bridgehead atoms. The molecule has 0 aliphatic heterocycles. The average Bonchev–Trinajstić information content (AvgIpc) is 2.94. The number of aromatic nitrogens is 4. The molecule has 0 saturated heterocycles. The van der Waals surface area contributed by atoms with Gasteiger partial charge in [-0.2, -0.15) is 4.68 Å². The van der Waals surface area contributed by atoms with Gasteiger partial charge in [0, 0.05) is 30.4 Å². The van der Waals surface area contributed by atoms with Crippen LogP contribution in [0.15, 0.2) is 48.8 Å². The predicted octanol–water partition coefficient (Wildman–Crippen LogP) is 2.81. The van der Waals surface area contributed by atoms with Gasteiger partial charge in [0.15, 0.2) is 0 Å². The highest BCUT2D eigenvalue weighted by Gasteiger charge is 2.18. The first-order chi connectivity index (χ1) is 10.2. The van der Waals surface area contributed by atoms with Crippen molar-refractivity contribution in [3.63, 3.8) is 0 Å². The fourth-order valence-electron chi connectivity index (χ4n) is 2.07. The smallest absolute Gasteiger partial charge is 0.245 e. The number of carbonyl (C=O) groups is 1. The summed E-state index contributed by atoms with van der Waals surface area (Å²) < 4.78 is 14.3. The second-order valence-corrected chi connectivity index (χ2v) is 4.46. The van der Waals surface area contributed by atoms with Gasteiger partial charge in [-0.25, -0.2) is 4.39 Å². The van der Waals surface area contributed by atoms with Gasteiger partial charge in [-0.3, -0.25) is 9.78 Å². The molecule has 2 aromatic heterocycles. The molecule has 1 aromatic carbocycles. The molecule has 0 aliphatic carbocycles. The largest absolute Gasteiger partial charge is 0.273 e. The van der Waals surface area contributed by atoms with Crippen LogP contribution in [0.3, 0.4) is 0 Å². The molecule has 104 valence electrons. The average molecular weight is 282 g/mol. The standard InChI is InChI=1S/C15H11FN4O/c1-10(21)20-15(12-6-8-17-9-7-12)14(18-19-20)11-2-4-13(16)5-3-11/h2-9H,1H3. The van der Waals surface area contributed by atoms with Gasteiger partial charge in [-0.1, -0.05) is 5.21 Å². The third-order valence-corrected chi connectivity index (χ3v) is 3.04. The summed E-state index contributed by atoms with van der Waals surface area (Å²) in [7, 11) is 0. The van der Waals surface area contributed by atoms with E-state index < -0.39 is 0 Å². The molecule has 0 amide bonds. The first-order valence-electron chi connectivity index (χ1n) is 6.30. The van der Waals surface area contributed by atoms with E-state index in [4.69, 9.17) is 0 Å². The minimum absolute atomic E-state index is 0.248. The highest BCUT2D eigenvalue weighted by atomic mass is 19.1. The SMILES string of the molecule is CC(=O)n1nnc(-c2ccc(F)cc2)c1-c1ccncc1. The molecular formula is C15H11FN4O. The third kappa shape index (κ3) is 2.43. The van der Waals surface area contributed by atoms with Gasteiger partial charge in [0.05, 0.1) is 0 Å². The van der Waals surface area contributed by atoms with Gasteiger partial charge in [0.1, 0.15) is 17.2 Å². The molecule has 3 rings (SSSR count). The second-order valence-electron chi connectivity index (χ2n) is 4.46. The van der Waals surface area contributed by atoms with Gasteiger partial charge >= 0.3 is 0 Å². The van der Waals surface area contributed by atoms with E-state index in [-0.39, 0.29) is 11.7 Å². The van der Waals surface area contributed by atoms with E-state index in [1.54, 1.807) is 36.7 Å². The molecule has 21 heavy (non-hydrogen) atoms. The zero-order valence-electron chi connectivity index (χ0n) is 11.2. The molecule has 0 spiro atoms. The van der Waals surface area contributed by atoms with Gasteiger partial charge in [-0.15, -0.1) is 5.10 Å². The summed E-state index contributed by atoms with van der Waals surface area (Å²) in [4.78, 5) is 15.7. The molecule has 0 aliphatic rings. The van der Waals surface area contributed by atoms with E-state index in [2.05, 4.69) is 15.3 Å². The van der Waals surface area contributed by atoms with Crippen LogP contribution in [0.1, 0.15) is 11.7 Å². The van der Waals surface area contributed by atoms with E-state index in [1.807, 2.05) is 0 Å². The van der Waals surface area contributed by atoms with Crippen LogP contribution in [0.25, 0.3) is 22.5 Å². The van der Waals surface area contributed by atoms with Crippen LogP contribution in [-0.2, 0) is 0 Å². The number of hydrogen-bond donors (Lipinski definition) is 0. The topological polar surface area (TPSA) is 60.7 Å². The number of carbonyl (C=O) groups excluding carboxylic acids is 1. The lowest BCUT2D eigenvalue weighted by molar-refractivity contribution is 0.0921. The van der Waals surface area contributed by atoms with Crippen molar-refractivity contribution in [2.75, 3.05) is 0 Å². The lowest BCUT2D eigenvalue weighted by atomic mass is 10.1. The Morgan fingerprint density at radius 2 is 1.71 bits per heavy atom. The van der Waals surface area contributed by atoms with Crippen LogP contribution in [0, 0.1) is 5.82 Å². The molecule has 2 heterocycles. The van der Waals surface area contributed by atoms with Crippen molar-refractivity contribution in [1.82, 2.24) is 20.0 Å². The van der Waals surface area contributed by atoms with E-state index >= 15 is 0 Å². The maximum absolute atomic E-state index is 13.1. The lowest BCUT2D eigenvalue weighted by Gasteiger charge is -2.05. The molecule has 5 nitrogen and oxygen atoms in total. The summed E-state index contributed by atoms with van der Waals surface area (Å²) in [5.41, 5.74) is 2.55. The van der Waals surface area contributed by atoms with Crippen molar-refractivity contribution in [3.05, 3.63) is 54.6 Å². The first kappa shape index (κ1) is 13.1. The molecule has 0 fully saturated rings. The number of benzene rings is 1. The molecule has 0 atom stereocenters. The van der Waals surface area contributed by atoms with Crippen LogP contribution < -0.4 is 0 Å². The minimum atomic E-state index is -0.330. The Kier molecular flexibility index (Phi) is 3.27. The van der Waals surface area contributed by atoms with E-state index in [9.17, 15) is 9.18 Å². The number of halogens is 1. The fraction of sp³-hybridized carbons (Fsp3) is 0.0667. The van der Waals surface area contributed by atoms with Crippen molar-refractivity contribution in [2.45, 2.75) is 6.92 Å². The van der Waals surface area contributed by atoms with Crippen LogP contribution in [0.4, 0.5) is 4.39 Å². The molecule has 6 heteroatoms. The predicted molar refractivity (Wildman–Crippen MR) is 74.9 cm³/mol. The summed E-state index contributed by atoms with van der Waals surface area (Å²) in [6.45, 7) is 1.41. The Hall–Kier alpha value is -2.89. The molecule has 0 N–H and O–H groups in total. The van der Waals surface area contributed by atoms with Gasteiger partial charge in [0.2, 0.25) is 5.91 Å². The van der Waals surface area contributed by atoms with Gasteiger partial charge < -0.3 is 0 Å². The molecule has 0 saturated carbocycles. The summed E-state index contributed by atoms with van der Waals surface area (Å²) in [6.07, 6.45) is 3.25. The summed E-state index contributed by atoms with van der Waals surface area (Å²) in [5.74, 6) is -0.578. The maximum Gasteiger partial charge on any atom is 0.245 e. The molecule has 3 aromatic rings. The molecule has 0 radical (unpaired) electrons. The second kappa shape index (κ2) is 5.24. The third-order valence-electron chi connectivity index (χ3n) is 3.04. The summed E-state index contributed by atoms with van der Waals surface area (Å²) in [6, 6.07) is 9.44. The Labute approximate surface area is 120 Å². The monoisotopic (exact) mass is 282 g/mol. The quantitative estimate of drug-likeness (QED) is 0.725. The van der Waals surface area contributed by atoms with Crippen LogP contribution in [0.2, 0.25) is 0 Å². The normalized spacial score (nSPS) is 10.6. The highest BCUT2D eigenvalue weighted by molar-refractivity contribution is 5.87. The van der Waals surface area contributed by atoms with E-state index in [1.165, 1.54) is 23.7 Å².